The fraction of sp³-hybridized carbons (Fsp3) is 0.421. The molecule has 0 spiro atoms. The van der Waals surface area contributed by atoms with Crippen LogP contribution in [-0.4, -0.2) is 64.2 Å². The lowest BCUT2D eigenvalue weighted by Gasteiger charge is -2.33. The Morgan fingerprint density at radius 1 is 1.28 bits per heavy atom. The lowest BCUT2D eigenvalue weighted by atomic mass is 10.2. The smallest absolute Gasteiger partial charge is 0.230 e. The Hall–Kier alpha value is -1.42. The maximum absolute atomic E-state index is 12.1. The number of aromatic nitrogens is 2. The molecule has 0 radical (unpaired) electrons. The number of hydrogen-bond donors (Lipinski definition) is 2. The van der Waals surface area contributed by atoms with E-state index in [1.54, 1.807) is 18.2 Å². The summed E-state index contributed by atoms with van der Waals surface area (Å²) in [6.07, 6.45) is -0.0656. The topological polar surface area (TPSA) is 87.6 Å². The van der Waals surface area contributed by atoms with E-state index in [1.807, 2.05) is 12.1 Å². The van der Waals surface area contributed by atoms with Gasteiger partial charge in [0, 0.05) is 26.2 Å². The predicted octanol–water partition coefficient (Wildman–Crippen LogP) is 2.38. The summed E-state index contributed by atoms with van der Waals surface area (Å²) in [6, 6.07) is 9.07. The van der Waals surface area contributed by atoms with Crippen molar-refractivity contribution in [2.75, 3.05) is 32.0 Å². The number of aliphatic hydroxyl groups is 1. The van der Waals surface area contributed by atoms with Crippen LogP contribution >= 0.6 is 35.0 Å². The van der Waals surface area contributed by atoms with Crippen LogP contribution in [0.4, 0.5) is 0 Å². The Morgan fingerprint density at radius 3 is 2.86 bits per heavy atom. The number of thioether (sulfide) groups is 1. The van der Waals surface area contributed by atoms with Crippen LogP contribution in [0.5, 0.6) is 0 Å². The molecule has 2 N–H and O–H groups in total. The Balaban J connectivity index is 1.40. The summed E-state index contributed by atoms with van der Waals surface area (Å²) < 4.78 is 5.77. The number of benzene rings is 1. The van der Waals surface area contributed by atoms with E-state index in [2.05, 4.69) is 20.4 Å². The van der Waals surface area contributed by atoms with Gasteiger partial charge in [0.2, 0.25) is 5.91 Å². The van der Waals surface area contributed by atoms with Crippen molar-refractivity contribution in [1.29, 1.82) is 0 Å². The van der Waals surface area contributed by atoms with Gasteiger partial charge in [0.1, 0.15) is 5.03 Å². The summed E-state index contributed by atoms with van der Waals surface area (Å²) >= 11 is 13.4. The minimum absolute atomic E-state index is 0.0656. The van der Waals surface area contributed by atoms with Crippen LogP contribution in [0.25, 0.3) is 0 Å². The van der Waals surface area contributed by atoms with Crippen LogP contribution in [0, 0.1) is 0 Å². The second kappa shape index (κ2) is 11.1. The monoisotopic (exact) mass is 456 g/mol. The molecule has 1 fully saturated rings. The number of amides is 1. The van der Waals surface area contributed by atoms with Gasteiger partial charge in [0.05, 0.1) is 40.8 Å². The molecule has 0 aliphatic carbocycles. The highest BCUT2D eigenvalue weighted by Gasteiger charge is 2.21. The van der Waals surface area contributed by atoms with Gasteiger partial charge in [-0.05, 0) is 29.8 Å². The first kappa shape index (κ1) is 22.3. The minimum atomic E-state index is -0.151. The normalized spacial score (nSPS) is 17.3. The fourth-order valence-corrected chi connectivity index (χ4v) is 3.84. The second-order valence-electron chi connectivity index (χ2n) is 6.59. The van der Waals surface area contributed by atoms with Crippen LogP contribution in [0.15, 0.2) is 35.4 Å². The first-order valence-corrected chi connectivity index (χ1v) is 10.9. The quantitative estimate of drug-likeness (QED) is 0.589. The molecule has 2 aromatic rings. The molecule has 1 saturated heterocycles. The average Bonchev–Trinajstić information content (AvgIpc) is 2.74. The number of aliphatic hydroxyl groups excluding tert-OH is 1. The van der Waals surface area contributed by atoms with Crippen molar-refractivity contribution in [3.8, 4) is 0 Å². The van der Waals surface area contributed by atoms with Gasteiger partial charge >= 0.3 is 0 Å². The molecular weight excluding hydrogens is 435 g/mol. The van der Waals surface area contributed by atoms with Crippen molar-refractivity contribution >= 4 is 40.9 Å². The molecule has 3 rings (SSSR count). The zero-order valence-electron chi connectivity index (χ0n) is 15.7. The van der Waals surface area contributed by atoms with Crippen molar-refractivity contribution in [2.45, 2.75) is 24.3 Å². The molecule has 1 aliphatic heterocycles. The van der Waals surface area contributed by atoms with Crippen molar-refractivity contribution in [3.05, 3.63) is 51.6 Å². The predicted molar refractivity (Wildman–Crippen MR) is 113 cm³/mol. The van der Waals surface area contributed by atoms with Gasteiger partial charge in [0.15, 0.2) is 0 Å². The Bertz CT molecular complexity index is 826. The standard InChI is InChI=1S/C19H22Cl2N4O3S/c20-16-3-1-13(7-17(16)21)9-25-5-6-28-15(10-25)8-22-18(27)12-29-19-4-2-14(11-26)23-24-19/h1-4,7,15,26H,5-6,8-12H2,(H,22,27). The van der Waals surface area contributed by atoms with Crippen molar-refractivity contribution in [3.63, 3.8) is 0 Å². The molecule has 1 unspecified atom stereocenters. The SMILES string of the molecule is O=C(CSc1ccc(CO)nn1)NCC1CN(Cc2ccc(Cl)c(Cl)c2)CCO1. The van der Waals surface area contributed by atoms with Gasteiger partial charge in [-0.15, -0.1) is 5.10 Å². The molecule has 0 bridgehead atoms. The van der Waals surface area contributed by atoms with Crippen LogP contribution < -0.4 is 5.32 Å². The zero-order chi connectivity index (χ0) is 20.6. The van der Waals surface area contributed by atoms with E-state index < -0.39 is 0 Å². The van der Waals surface area contributed by atoms with E-state index in [-0.39, 0.29) is 24.4 Å². The number of carbonyl (C=O) groups is 1. The van der Waals surface area contributed by atoms with Crippen molar-refractivity contribution < 1.29 is 14.6 Å². The molecular formula is C19H22Cl2N4O3S. The number of hydrogen-bond acceptors (Lipinski definition) is 7. The number of carbonyl (C=O) groups excluding carboxylic acids is 1. The maximum atomic E-state index is 12.1. The first-order chi connectivity index (χ1) is 14.0. The molecule has 1 atom stereocenters. The molecule has 156 valence electrons. The number of nitrogens with one attached hydrogen (secondary N) is 1. The number of morpholine rings is 1. The Labute approximate surface area is 183 Å². The number of halogens is 2. The van der Waals surface area contributed by atoms with Gasteiger partial charge in [-0.25, -0.2) is 0 Å². The third kappa shape index (κ3) is 7.09. The van der Waals surface area contributed by atoms with E-state index >= 15 is 0 Å². The summed E-state index contributed by atoms with van der Waals surface area (Å²) in [4.78, 5) is 14.4. The summed E-state index contributed by atoms with van der Waals surface area (Å²) in [5.74, 6) is 0.153. The molecule has 0 saturated carbocycles. The average molecular weight is 457 g/mol. The summed E-state index contributed by atoms with van der Waals surface area (Å²) in [6.45, 7) is 3.21. The van der Waals surface area contributed by atoms with E-state index in [0.29, 0.717) is 33.9 Å². The zero-order valence-corrected chi connectivity index (χ0v) is 18.0. The van der Waals surface area contributed by atoms with Crippen LogP contribution in [0.3, 0.4) is 0 Å². The van der Waals surface area contributed by atoms with Crippen molar-refractivity contribution in [1.82, 2.24) is 20.4 Å². The van der Waals surface area contributed by atoms with Gasteiger partial charge in [-0.1, -0.05) is 41.0 Å². The summed E-state index contributed by atoms with van der Waals surface area (Å²) in [5.41, 5.74) is 1.59. The minimum Gasteiger partial charge on any atom is -0.390 e. The molecule has 7 nitrogen and oxygen atoms in total. The molecule has 1 aliphatic rings. The third-order valence-electron chi connectivity index (χ3n) is 4.35. The highest BCUT2D eigenvalue weighted by molar-refractivity contribution is 7.99. The lowest BCUT2D eigenvalue weighted by Crippen LogP contribution is -2.47. The fourth-order valence-electron chi connectivity index (χ4n) is 2.87. The summed E-state index contributed by atoms with van der Waals surface area (Å²) in [5, 5.41) is 21.4. The highest BCUT2D eigenvalue weighted by atomic mass is 35.5. The maximum Gasteiger partial charge on any atom is 0.230 e. The van der Waals surface area contributed by atoms with E-state index in [9.17, 15) is 4.79 Å². The van der Waals surface area contributed by atoms with Crippen LogP contribution in [0.2, 0.25) is 10.0 Å². The van der Waals surface area contributed by atoms with E-state index in [1.165, 1.54) is 11.8 Å². The van der Waals surface area contributed by atoms with Gasteiger partial charge in [-0.3, -0.25) is 9.69 Å². The van der Waals surface area contributed by atoms with Gasteiger partial charge in [-0.2, -0.15) is 5.10 Å². The van der Waals surface area contributed by atoms with E-state index in [4.69, 9.17) is 33.0 Å². The third-order valence-corrected chi connectivity index (χ3v) is 6.01. The number of rotatable bonds is 8. The molecule has 29 heavy (non-hydrogen) atoms. The molecule has 2 heterocycles. The first-order valence-electron chi connectivity index (χ1n) is 9.14. The van der Waals surface area contributed by atoms with Crippen LogP contribution in [0.1, 0.15) is 11.3 Å². The number of ether oxygens (including phenoxy) is 1. The molecule has 1 aromatic carbocycles. The largest absolute Gasteiger partial charge is 0.390 e. The molecule has 10 heteroatoms. The molecule has 1 amide bonds. The van der Waals surface area contributed by atoms with Crippen LogP contribution in [-0.2, 0) is 22.7 Å². The van der Waals surface area contributed by atoms with E-state index in [0.717, 1.165) is 25.2 Å². The Kier molecular flexibility index (Phi) is 8.53. The Morgan fingerprint density at radius 2 is 2.14 bits per heavy atom. The molecule has 1 aromatic heterocycles. The van der Waals surface area contributed by atoms with Gasteiger partial charge in [0.25, 0.3) is 0 Å². The van der Waals surface area contributed by atoms with Crippen molar-refractivity contribution in [2.24, 2.45) is 0 Å². The highest BCUT2D eigenvalue weighted by Crippen LogP contribution is 2.23. The summed E-state index contributed by atoms with van der Waals surface area (Å²) in [7, 11) is 0. The lowest BCUT2D eigenvalue weighted by molar-refractivity contribution is -0.119. The number of nitrogens with zero attached hydrogens (tertiary/aromatic N) is 3. The second-order valence-corrected chi connectivity index (χ2v) is 8.40. The van der Waals surface area contributed by atoms with Gasteiger partial charge < -0.3 is 15.2 Å².